The Balaban J connectivity index is 2.16. The summed E-state index contributed by atoms with van der Waals surface area (Å²) in [6.45, 7) is 6.81. The molecule has 1 heteroatoms. The molecule has 2 rings (SSSR count). The van der Waals surface area contributed by atoms with Crippen LogP contribution in [0.4, 0.5) is 0 Å². The van der Waals surface area contributed by atoms with Crippen LogP contribution in [0, 0.1) is 5.41 Å². The number of rotatable bonds is 3. The van der Waals surface area contributed by atoms with Gasteiger partial charge in [-0.3, -0.25) is 0 Å². The Labute approximate surface area is 105 Å². The highest BCUT2D eigenvalue weighted by atomic mass is 14.7. The molecule has 0 aliphatic heterocycles. The van der Waals surface area contributed by atoms with Crippen molar-refractivity contribution in [1.82, 2.24) is 0 Å². The zero-order valence-corrected chi connectivity index (χ0v) is 11.4. The molecular weight excluding hydrogens is 206 g/mol. The highest BCUT2D eigenvalue weighted by molar-refractivity contribution is 5.28. The lowest BCUT2D eigenvalue weighted by molar-refractivity contribution is 0.265. The van der Waals surface area contributed by atoms with Crippen molar-refractivity contribution in [2.24, 2.45) is 11.1 Å². The van der Waals surface area contributed by atoms with Gasteiger partial charge in [0.05, 0.1) is 0 Å². The summed E-state index contributed by atoms with van der Waals surface area (Å²) in [6.07, 6.45) is 5.24. The predicted molar refractivity (Wildman–Crippen MR) is 74.0 cm³/mol. The zero-order chi connectivity index (χ0) is 12.5. The topological polar surface area (TPSA) is 26.0 Å². The minimum absolute atomic E-state index is 0.200. The van der Waals surface area contributed by atoms with Gasteiger partial charge in [-0.1, -0.05) is 57.9 Å². The molecule has 17 heavy (non-hydrogen) atoms. The minimum Gasteiger partial charge on any atom is -0.323 e. The second-order valence-electron chi connectivity index (χ2n) is 6.16. The van der Waals surface area contributed by atoms with E-state index in [4.69, 9.17) is 5.73 Å². The van der Waals surface area contributed by atoms with Crippen LogP contribution < -0.4 is 5.73 Å². The van der Waals surface area contributed by atoms with E-state index in [9.17, 15) is 0 Å². The van der Waals surface area contributed by atoms with Crippen LogP contribution in [0.1, 0.15) is 69.5 Å². The van der Waals surface area contributed by atoms with E-state index in [0.29, 0.717) is 11.3 Å². The molecule has 0 heterocycles. The first kappa shape index (κ1) is 12.6. The van der Waals surface area contributed by atoms with Crippen molar-refractivity contribution in [1.29, 1.82) is 0 Å². The second-order valence-corrected chi connectivity index (χ2v) is 6.16. The lowest BCUT2D eigenvalue weighted by atomic mass is 9.77. The van der Waals surface area contributed by atoms with Gasteiger partial charge in [-0.15, -0.1) is 0 Å². The van der Waals surface area contributed by atoms with Crippen LogP contribution in [0.3, 0.4) is 0 Å². The van der Waals surface area contributed by atoms with Gasteiger partial charge in [-0.25, -0.2) is 0 Å². The van der Waals surface area contributed by atoms with Crippen LogP contribution in [-0.2, 0) is 0 Å². The zero-order valence-electron chi connectivity index (χ0n) is 11.4. The number of hydrogen-bond acceptors (Lipinski definition) is 1. The van der Waals surface area contributed by atoms with Crippen LogP contribution in [0.25, 0.3) is 0 Å². The van der Waals surface area contributed by atoms with Gasteiger partial charge in [-0.05, 0) is 35.3 Å². The lowest BCUT2D eigenvalue weighted by Crippen LogP contribution is -2.29. The van der Waals surface area contributed by atoms with Gasteiger partial charge in [0.25, 0.3) is 0 Å². The van der Waals surface area contributed by atoms with Crippen molar-refractivity contribution in [2.45, 2.75) is 58.4 Å². The fraction of sp³-hybridized carbons (Fsp3) is 0.625. The largest absolute Gasteiger partial charge is 0.323 e. The smallest absolute Gasteiger partial charge is 0.0349 e. The monoisotopic (exact) mass is 231 g/mol. The predicted octanol–water partition coefficient (Wildman–Crippen LogP) is 4.39. The fourth-order valence-electron chi connectivity index (χ4n) is 2.98. The van der Waals surface area contributed by atoms with Gasteiger partial charge in [-0.2, -0.15) is 0 Å². The summed E-state index contributed by atoms with van der Waals surface area (Å²) in [5.74, 6) is 0.599. The van der Waals surface area contributed by atoms with Crippen molar-refractivity contribution >= 4 is 0 Å². The van der Waals surface area contributed by atoms with E-state index in [2.05, 4.69) is 45.0 Å². The average molecular weight is 231 g/mol. The molecule has 0 bridgehead atoms. The van der Waals surface area contributed by atoms with Crippen molar-refractivity contribution in [3.63, 3.8) is 0 Å². The molecule has 1 aliphatic carbocycles. The summed E-state index contributed by atoms with van der Waals surface area (Å²) in [7, 11) is 0. The molecule has 1 aromatic rings. The molecule has 1 unspecified atom stereocenters. The fourth-order valence-corrected chi connectivity index (χ4v) is 2.98. The molecule has 1 atom stereocenters. The maximum atomic E-state index is 6.46. The van der Waals surface area contributed by atoms with Gasteiger partial charge in [0.1, 0.15) is 0 Å². The van der Waals surface area contributed by atoms with Gasteiger partial charge < -0.3 is 5.73 Å². The van der Waals surface area contributed by atoms with Crippen LogP contribution in [-0.4, -0.2) is 0 Å². The quantitative estimate of drug-likeness (QED) is 0.820. The molecule has 1 fully saturated rings. The van der Waals surface area contributed by atoms with Crippen molar-refractivity contribution in [3.8, 4) is 0 Å². The Hall–Kier alpha value is -0.820. The van der Waals surface area contributed by atoms with E-state index in [1.165, 1.54) is 36.8 Å². The molecule has 0 aromatic heterocycles. The molecule has 0 spiro atoms. The molecule has 0 radical (unpaired) electrons. The van der Waals surface area contributed by atoms with E-state index in [1.807, 2.05) is 0 Å². The highest BCUT2D eigenvalue weighted by Crippen LogP contribution is 2.45. The molecular formula is C16H25N. The first-order valence-corrected chi connectivity index (χ1v) is 6.88. The van der Waals surface area contributed by atoms with E-state index in [1.54, 1.807) is 0 Å². The Morgan fingerprint density at radius 3 is 1.94 bits per heavy atom. The first-order chi connectivity index (χ1) is 8.03. The third-order valence-electron chi connectivity index (χ3n) is 4.46. The molecule has 0 saturated heterocycles. The number of hydrogen-bond donors (Lipinski definition) is 1. The summed E-state index contributed by atoms with van der Waals surface area (Å²) in [4.78, 5) is 0. The minimum atomic E-state index is 0.200. The van der Waals surface area contributed by atoms with E-state index < -0.39 is 0 Å². The average Bonchev–Trinajstić information content (AvgIpc) is 2.76. The summed E-state index contributed by atoms with van der Waals surface area (Å²) < 4.78 is 0. The van der Waals surface area contributed by atoms with E-state index in [-0.39, 0.29) is 6.04 Å². The Morgan fingerprint density at radius 1 is 1.00 bits per heavy atom. The Morgan fingerprint density at radius 2 is 1.47 bits per heavy atom. The molecule has 2 N–H and O–H groups in total. The van der Waals surface area contributed by atoms with Gasteiger partial charge in [0, 0.05) is 6.04 Å². The first-order valence-electron chi connectivity index (χ1n) is 6.88. The van der Waals surface area contributed by atoms with Crippen LogP contribution in [0.2, 0.25) is 0 Å². The Bertz CT molecular complexity index is 358. The Kier molecular flexibility index (Phi) is 3.58. The summed E-state index contributed by atoms with van der Waals surface area (Å²) >= 11 is 0. The SMILES string of the molecule is CC(C)c1ccc(C(N)C2(C)CCCC2)cc1. The third-order valence-corrected chi connectivity index (χ3v) is 4.46. The van der Waals surface area contributed by atoms with Crippen molar-refractivity contribution in [2.75, 3.05) is 0 Å². The normalized spacial score (nSPS) is 20.8. The van der Waals surface area contributed by atoms with Gasteiger partial charge in [0.15, 0.2) is 0 Å². The lowest BCUT2D eigenvalue weighted by Gasteiger charge is -2.31. The molecule has 94 valence electrons. The van der Waals surface area contributed by atoms with Crippen LogP contribution in [0.5, 0.6) is 0 Å². The van der Waals surface area contributed by atoms with E-state index in [0.717, 1.165) is 0 Å². The second kappa shape index (κ2) is 4.81. The summed E-state index contributed by atoms with van der Waals surface area (Å²) in [5, 5.41) is 0. The van der Waals surface area contributed by atoms with Crippen LogP contribution >= 0.6 is 0 Å². The molecule has 1 nitrogen and oxygen atoms in total. The molecule has 0 amide bonds. The number of benzene rings is 1. The maximum Gasteiger partial charge on any atom is 0.0349 e. The van der Waals surface area contributed by atoms with Crippen molar-refractivity contribution < 1.29 is 0 Å². The number of nitrogens with two attached hydrogens (primary N) is 1. The van der Waals surface area contributed by atoms with E-state index >= 15 is 0 Å². The maximum absolute atomic E-state index is 6.46. The standard InChI is InChI=1S/C16H25N/c1-12(2)13-6-8-14(9-7-13)15(17)16(3)10-4-5-11-16/h6-9,12,15H,4-5,10-11,17H2,1-3H3. The third kappa shape index (κ3) is 2.55. The van der Waals surface area contributed by atoms with Crippen LogP contribution in [0.15, 0.2) is 24.3 Å². The van der Waals surface area contributed by atoms with Gasteiger partial charge in [0.2, 0.25) is 0 Å². The summed E-state index contributed by atoms with van der Waals surface area (Å²) in [6, 6.07) is 9.12. The molecule has 1 saturated carbocycles. The highest BCUT2D eigenvalue weighted by Gasteiger charge is 2.35. The summed E-state index contributed by atoms with van der Waals surface area (Å²) in [5.41, 5.74) is 9.48. The van der Waals surface area contributed by atoms with Crippen molar-refractivity contribution in [3.05, 3.63) is 35.4 Å². The molecule has 1 aromatic carbocycles. The van der Waals surface area contributed by atoms with Gasteiger partial charge >= 0.3 is 0 Å². The molecule has 1 aliphatic rings.